The van der Waals surface area contributed by atoms with Gasteiger partial charge in [-0.15, -0.1) is 0 Å². The van der Waals surface area contributed by atoms with Crippen molar-refractivity contribution in [3.05, 3.63) is 258 Å². The first kappa shape index (κ1) is 45.1. The molecule has 372 valence electrons. The van der Waals surface area contributed by atoms with Crippen molar-refractivity contribution >= 4 is 60.9 Å². The molecule has 0 saturated carbocycles. The monoisotopic (exact) mass is 1000 g/mol. The number of furan rings is 2. The predicted octanol–water partition coefficient (Wildman–Crippen LogP) is 20.9. The summed E-state index contributed by atoms with van der Waals surface area (Å²) in [6.45, 7) is 14.6. The molecule has 16 rings (SSSR count). The second-order valence-electron chi connectivity index (χ2n) is 23.5. The van der Waals surface area contributed by atoms with Crippen LogP contribution >= 0.6 is 0 Å². The highest BCUT2D eigenvalue weighted by molar-refractivity contribution is 6.22. The Kier molecular flexibility index (Phi) is 9.21. The normalized spacial score (nSPS) is 14.8. The van der Waals surface area contributed by atoms with E-state index in [-0.39, 0.29) is 16.2 Å². The summed E-state index contributed by atoms with van der Waals surface area (Å²) in [5, 5.41) is 4.68. The minimum atomic E-state index is -0.376. The Hall–Kier alpha value is -9.18. The molecule has 3 aliphatic carbocycles. The SMILES string of the molecule is CC1(C)c2cc(N(c3ccc4c(c3)C(C)(C)c3c5c(c6oc7ccccc7c6c3-4)-c3ccccc3C5(C)C)c3ccccc3-c3ccccc3)ccc2-c2c1cc(-c1ccccc1-c1ccccc1)c1oc3ccccc3c21. The summed E-state index contributed by atoms with van der Waals surface area (Å²) >= 11 is 0. The zero-order valence-corrected chi connectivity index (χ0v) is 44.6. The van der Waals surface area contributed by atoms with Crippen LogP contribution in [0.1, 0.15) is 74.9 Å². The van der Waals surface area contributed by atoms with Gasteiger partial charge < -0.3 is 13.7 Å². The van der Waals surface area contributed by atoms with Gasteiger partial charge in [-0.2, -0.15) is 0 Å². The quantitative estimate of drug-likeness (QED) is 0.166. The van der Waals surface area contributed by atoms with Gasteiger partial charge in [-0.05, 0) is 132 Å². The van der Waals surface area contributed by atoms with Crippen LogP contribution in [0.15, 0.2) is 233 Å². The van der Waals surface area contributed by atoms with Gasteiger partial charge in [0.1, 0.15) is 22.3 Å². The van der Waals surface area contributed by atoms with Crippen molar-refractivity contribution in [3.63, 3.8) is 0 Å². The van der Waals surface area contributed by atoms with Crippen molar-refractivity contribution in [3.8, 4) is 66.8 Å². The Morgan fingerprint density at radius 1 is 0.308 bits per heavy atom. The van der Waals surface area contributed by atoms with E-state index in [0.717, 1.165) is 61.3 Å². The molecule has 78 heavy (non-hydrogen) atoms. The van der Waals surface area contributed by atoms with Gasteiger partial charge in [-0.3, -0.25) is 0 Å². The van der Waals surface area contributed by atoms with Gasteiger partial charge in [-0.25, -0.2) is 0 Å². The van der Waals surface area contributed by atoms with E-state index in [1.54, 1.807) is 0 Å². The molecule has 13 aromatic rings. The van der Waals surface area contributed by atoms with E-state index < -0.39 is 0 Å². The van der Waals surface area contributed by atoms with Gasteiger partial charge in [0.05, 0.1) is 5.69 Å². The second-order valence-corrected chi connectivity index (χ2v) is 23.5. The fourth-order valence-electron chi connectivity index (χ4n) is 14.6. The first-order valence-corrected chi connectivity index (χ1v) is 27.5. The summed E-state index contributed by atoms with van der Waals surface area (Å²) in [7, 11) is 0. The summed E-state index contributed by atoms with van der Waals surface area (Å²) in [4.78, 5) is 2.53. The van der Waals surface area contributed by atoms with E-state index >= 15 is 0 Å². The summed E-state index contributed by atoms with van der Waals surface area (Å²) in [5.74, 6) is 0. The Balaban J connectivity index is 0.928. The van der Waals surface area contributed by atoms with Crippen molar-refractivity contribution in [1.82, 2.24) is 0 Å². The minimum absolute atomic E-state index is 0.249. The molecule has 2 heterocycles. The van der Waals surface area contributed by atoms with Crippen LogP contribution in [0.2, 0.25) is 0 Å². The number of rotatable bonds is 6. The first-order valence-electron chi connectivity index (χ1n) is 27.5. The zero-order chi connectivity index (χ0) is 52.4. The third-order valence-electron chi connectivity index (χ3n) is 18.2. The number of nitrogens with zero attached hydrogens (tertiary/aromatic N) is 1. The van der Waals surface area contributed by atoms with Crippen LogP contribution in [0.3, 0.4) is 0 Å². The van der Waals surface area contributed by atoms with Crippen molar-refractivity contribution in [2.24, 2.45) is 0 Å². The Morgan fingerprint density at radius 3 is 1.44 bits per heavy atom. The number of anilines is 3. The van der Waals surface area contributed by atoms with E-state index in [1.165, 1.54) is 99.8 Å². The van der Waals surface area contributed by atoms with E-state index in [1.807, 2.05) is 0 Å². The average Bonchev–Trinajstić information content (AvgIpc) is 2.85. The number of para-hydroxylation sites is 3. The average molecular weight is 1000 g/mol. The molecule has 3 nitrogen and oxygen atoms in total. The highest BCUT2D eigenvalue weighted by atomic mass is 16.3. The number of benzene rings is 11. The van der Waals surface area contributed by atoms with Crippen molar-refractivity contribution in [2.75, 3.05) is 4.90 Å². The molecule has 0 bridgehead atoms. The van der Waals surface area contributed by atoms with Crippen LogP contribution < -0.4 is 4.90 Å². The summed E-state index contributed by atoms with van der Waals surface area (Å²) in [6, 6.07) is 82.5. The summed E-state index contributed by atoms with van der Waals surface area (Å²) < 4.78 is 14.1. The smallest absolute Gasteiger partial charge is 0.144 e. The lowest BCUT2D eigenvalue weighted by atomic mass is 9.72. The molecule has 0 atom stereocenters. The van der Waals surface area contributed by atoms with E-state index in [4.69, 9.17) is 8.83 Å². The summed E-state index contributed by atoms with van der Waals surface area (Å²) in [5.41, 5.74) is 28.7. The maximum absolute atomic E-state index is 7.04. The fourth-order valence-corrected chi connectivity index (χ4v) is 14.6. The molecule has 0 spiro atoms. The van der Waals surface area contributed by atoms with Crippen molar-refractivity contribution in [1.29, 1.82) is 0 Å². The lowest BCUT2D eigenvalue weighted by molar-refractivity contribution is 0.600. The Bertz CT molecular complexity index is 4700. The van der Waals surface area contributed by atoms with E-state index in [0.29, 0.717) is 0 Å². The van der Waals surface area contributed by atoms with Crippen molar-refractivity contribution in [2.45, 2.75) is 57.8 Å². The van der Waals surface area contributed by atoms with Crippen LogP contribution in [0.25, 0.3) is 111 Å². The molecule has 0 N–H and O–H groups in total. The lowest BCUT2D eigenvalue weighted by Crippen LogP contribution is -2.24. The maximum atomic E-state index is 7.04. The Morgan fingerprint density at radius 2 is 0.769 bits per heavy atom. The second kappa shape index (κ2) is 15.9. The standard InChI is InChI=1S/C75H55NO2/c1-73(2)58-41-46(37-39-52(58)64-60(73)43-56(71-66(64)54-31-17-21-35-62(54)77-71)50-29-14-13-27-48(50)44-23-9-7-10-24-44)76(61-34-20-16-28-49(61)45-25-11-8-12-26-45)47-38-40-53-59(42-47)75(5,6)69-65(53)67-55-32-18-22-36-63(55)78-72(67)68-51-30-15-19-33-57(51)74(3,4)70(68)69/h7-43H,1-6H3. The number of hydrogen-bond donors (Lipinski definition) is 0. The number of fused-ring (bicyclic) bond motifs is 19. The largest absolute Gasteiger partial charge is 0.455 e. The van der Waals surface area contributed by atoms with Gasteiger partial charge >= 0.3 is 0 Å². The van der Waals surface area contributed by atoms with Gasteiger partial charge in [-0.1, -0.05) is 217 Å². The topological polar surface area (TPSA) is 29.5 Å². The van der Waals surface area contributed by atoms with E-state index in [2.05, 4.69) is 271 Å². The highest BCUT2D eigenvalue weighted by Crippen LogP contribution is 2.64. The van der Waals surface area contributed by atoms with Crippen molar-refractivity contribution < 1.29 is 8.83 Å². The molecule has 0 radical (unpaired) electrons. The van der Waals surface area contributed by atoms with Crippen LogP contribution in [0.4, 0.5) is 17.1 Å². The van der Waals surface area contributed by atoms with E-state index in [9.17, 15) is 0 Å². The third kappa shape index (κ3) is 5.99. The fraction of sp³-hybridized carbons (Fsp3) is 0.120. The zero-order valence-electron chi connectivity index (χ0n) is 44.6. The highest BCUT2D eigenvalue weighted by Gasteiger charge is 2.49. The van der Waals surface area contributed by atoms with Gasteiger partial charge in [0, 0.05) is 65.9 Å². The van der Waals surface area contributed by atoms with Gasteiger partial charge in [0.25, 0.3) is 0 Å². The third-order valence-corrected chi connectivity index (χ3v) is 18.2. The molecule has 3 heteroatoms. The predicted molar refractivity (Wildman–Crippen MR) is 325 cm³/mol. The molecule has 0 saturated heterocycles. The maximum Gasteiger partial charge on any atom is 0.144 e. The van der Waals surface area contributed by atoms with Gasteiger partial charge in [0.2, 0.25) is 0 Å². The van der Waals surface area contributed by atoms with Crippen LogP contribution in [-0.2, 0) is 16.2 Å². The molecule has 0 amide bonds. The lowest BCUT2D eigenvalue weighted by Gasteiger charge is -2.32. The van der Waals surface area contributed by atoms with Crippen LogP contribution in [-0.4, -0.2) is 0 Å². The molecular formula is C75H55NO2. The van der Waals surface area contributed by atoms with Crippen LogP contribution in [0.5, 0.6) is 0 Å². The number of hydrogen-bond acceptors (Lipinski definition) is 3. The summed E-state index contributed by atoms with van der Waals surface area (Å²) in [6.07, 6.45) is 0. The molecule has 3 aliphatic rings. The molecule has 11 aromatic carbocycles. The molecule has 0 fully saturated rings. The molecule has 0 unspecified atom stereocenters. The molecular weight excluding hydrogens is 947 g/mol. The molecule has 0 aliphatic heterocycles. The molecule has 2 aromatic heterocycles. The van der Waals surface area contributed by atoms with Gasteiger partial charge in [0.15, 0.2) is 0 Å². The minimum Gasteiger partial charge on any atom is -0.455 e. The Labute approximate surface area is 454 Å². The first-order chi connectivity index (χ1) is 38.0. The van der Waals surface area contributed by atoms with Crippen LogP contribution in [0, 0.1) is 0 Å².